The zero-order chi connectivity index (χ0) is 11.7. The Balaban J connectivity index is 0.000000921. The summed E-state index contributed by atoms with van der Waals surface area (Å²) in [6.45, 7) is 4.07. The number of aliphatic hydroxyl groups is 2. The fourth-order valence-corrected chi connectivity index (χ4v) is 1.40. The number of benzene rings is 1. The summed E-state index contributed by atoms with van der Waals surface area (Å²) in [7, 11) is 0. The molecule has 2 nitrogen and oxygen atoms in total. The van der Waals surface area contributed by atoms with Crippen LogP contribution in [0.3, 0.4) is 0 Å². The number of halogens is 1. The van der Waals surface area contributed by atoms with Crippen LogP contribution in [0.1, 0.15) is 19.4 Å². The van der Waals surface area contributed by atoms with Gasteiger partial charge in [0.2, 0.25) is 0 Å². The molecule has 1 aromatic carbocycles. The molecule has 0 radical (unpaired) electrons. The highest BCUT2D eigenvalue weighted by molar-refractivity contribution is 9.10. The number of aliphatic hydroxyl groups excluding tert-OH is 2. The molecule has 86 valence electrons. The quantitative estimate of drug-likeness (QED) is 0.886. The Morgan fingerprint density at radius 2 is 1.53 bits per heavy atom. The van der Waals surface area contributed by atoms with Crippen LogP contribution in [0.2, 0.25) is 0 Å². The predicted molar refractivity (Wildman–Crippen MR) is 66.9 cm³/mol. The van der Waals surface area contributed by atoms with Gasteiger partial charge in [0.15, 0.2) is 0 Å². The lowest BCUT2D eigenvalue weighted by Crippen LogP contribution is -2.13. The van der Waals surface area contributed by atoms with E-state index in [0.717, 1.165) is 16.5 Å². The Morgan fingerprint density at radius 1 is 1.07 bits per heavy atom. The van der Waals surface area contributed by atoms with Gasteiger partial charge >= 0.3 is 0 Å². The van der Waals surface area contributed by atoms with Crippen LogP contribution in [0.5, 0.6) is 0 Å². The van der Waals surface area contributed by atoms with E-state index < -0.39 is 0 Å². The topological polar surface area (TPSA) is 40.5 Å². The van der Waals surface area contributed by atoms with Gasteiger partial charge in [-0.05, 0) is 24.1 Å². The first-order valence-corrected chi connectivity index (χ1v) is 6.01. The van der Waals surface area contributed by atoms with E-state index in [1.807, 2.05) is 38.1 Å². The van der Waals surface area contributed by atoms with Crippen LogP contribution < -0.4 is 0 Å². The third kappa shape index (κ3) is 5.92. The number of rotatable bonds is 4. The minimum absolute atomic E-state index is 0.0343. The van der Waals surface area contributed by atoms with Gasteiger partial charge in [-0.3, -0.25) is 0 Å². The van der Waals surface area contributed by atoms with Crippen molar-refractivity contribution < 1.29 is 10.2 Å². The molecule has 0 saturated heterocycles. The largest absolute Gasteiger partial charge is 0.396 e. The van der Waals surface area contributed by atoms with Crippen LogP contribution in [-0.2, 0) is 6.42 Å². The summed E-state index contributed by atoms with van der Waals surface area (Å²) in [6, 6.07) is 7.90. The Hall–Kier alpha value is -0.380. The van der Waals surface area contributed by atoms with Crippen molar-refractivity contribution in [3.63, 3.8) is 0 Å². The molecular formula is C12H19BrO2. The summed E-state index contributed by atoms with van der Waals surface area (Å²) in [5.74, 6) is -0.0406. The van der Waals surface area contributed by atoms with Gasteiger partial charge in [-0.15, -0.1) is 0 Å². The van der Waals surface area contributed by atoms with Crippen molar-refractivity contribution in [2.75, 3.05) is 13.2 Å². The van der Waals surface area contributed by atoms with Crippen molar-refractivity contribution in [1.29, 1.82) is 0 Å². The van der Waals surface area contributed by atoms with E-state index in [1.54, 1.807) is 0 Å². The minimum atomic E-state index is -0.0406. The monoisotopic (exact) mass is 274 g/mol. The molecule has 1 rings (SSSR count). The first-order valence-electron chi connectivity index (χ1n) is 5.22. The van der Waals surface area contributed by atoms with E-state index in [4.69, 9.17) is 10.2 Å². The summed E-state index contributed by atoms with van der Waals surface area (Å²) in [5, 5.41) is 17.7. The fraction of sp³-hybridized carbons (Fsp3) is 0.500. The average Bonchev–Trinajstić information content (AvgIpc) is 2.31. The fourth-order valence-electron chi connectivity index (χ4n) is 1.14. The molecule has 0 amide bonds. The maximum absolute atomic E-state index is 8.87. The summed E-state index contributed by atoms with van der Waals surface area (Å²) in [4.78, 5) is 0. The summed E-state index contributed by atoms with van der Waals surface area (Å²) >= 11 is 3.35. The van der Waals surface area contributed by atoms with E-state index in [0.29, 0.717) is 0 Å². The van der Waals surface area contributed by atoms with Gasteiger partial charge in [-0.2, -0.15) is 0 Å². The summed E-state index contributed by atoms with van der Waals surface area (Å²) in [6.07, 6.45) is 0.722. The third-order valence-corrected chi connectivity index (χ3v) is 2.48. The first-order chi connectivity index (χ1) is 7.26. The van der Waals surface area contributed by atoms with Crippen LogP contribution in [0.15, 0.2) is 28.7 Å². The van der Waals surface area contributed by atoms with E-state index in [1.165, 1.54) is 0 Å². The lowest BCUT2D eigenvalue weighted by molar-refractivity contribution is 0.150. The normalized spacial score (nSPS) is 9.73. The van der Waals surface area contributed by atoms with Crippen LogP contribution in [0.25, 0.3) is 0 Å². The van der Waals surface area contributed by atoms with E-state index >= 15 is 0 Å². The molecule has 0 fully saturated rings. The number of hydrogen-bond donors (Lipinski definition) is 2. The summed E-state index contributed by atoms with van der Waals surface area (Å²) < 4.78 is 1.04. The molecule has 0 spiro atoms. The second-order valence-corrected chi connectivity index (χ2v) is 3.98. The van der Waals surface area contributed by atoms with Gasteiger partial charge in [0.1, 0.15) is 0 Å². The predicted octanol–water partition coefficient (Wildman–Crippen LogP) is 2.62. The minimum Gasteiger partial charge on any atom is -0.396 e. The molecule has 0 aliphatic heterocycles. The second kappa shape index (κ2) is 8.89. The van der Waals surface area contributed by atoms with Crippen LogP contribution in [0.4, 0.5) is 0 Å². The highest BCUT2D eigenvalue weighted by Crippen LogP contribution is 2.13. The molecule has 0 saturated carbocycles. The van der Waals surface area contributed by atoms with Gasteiger partial charge in [0.25, 0.3) is 0 Å². The zero-order valence-electron chi connectivity index (χ0n) is 9.28. The van der Waals surface area contributed by atoms with Gasteiger partial charge < -0.3 is 10.2 Å². The average molecular weight is 275 g/mol. The molecule has 1 aromatic rings. The molecule has 15 heavy (non-hydrogen) atoms. The van der Waals surface area contributed by atoms with Crippen molar-refractivity contribution in [3.05, 3.63) is 34.3 Å². The molecule has 0 aliphatic rings. The van der Waals surface area contributed by atoms with Crippen molar-refractivity contribution in [2.45, 2.75) is 20.3 Å². The standard InChI is InChI=1S/C10H13BrO2.C2H6/c11-10-3-1-8(2-4-10)5-9(6-12)7-13;1-2/h1-4,9,12-13H,5-7H2;1-2H3. The second-order valence-electron chi connectivity index (χ2n) is 3.06. The van der Waals surface area contributed by atoms with Crippen LogP contribution in [0, 0.1) is 5.92 Å². The highest BCUT2D eigenvalue weighted by atomic mass is 79.9. The van der Waals surface area contributed by atoms with Crippen molar-refractivity contribution in [2.24, 2.45) is 5.92 Å². The van der Waals surface area contributed by atoms with Crippen molar-refractivity contribution in [1.82, 2.24) is 0 Å². The Kier molecular flexibility index (Phi) is 8.67. The molecule has 2 N–H and O–H groups in total. The van der Waals surface area contributed by atoms with Crippen molar-refractivity contribution in [3.8, 4) is 0 Å². The lowest BCUT2D eigenvalue weighted by atomic mass is 10.0. The van der Waals surface area contributed by atoms with E-state index in [9.17, 15) is 0 Å². The first kappa shape index (κ1) is 14.6. The number of hydrogen-bond acceptors (Lipinski definition) is 2. The van der Waals surface area contributed by atoms with E-state index in [2.05, 4.69) is 15.9 Å². The van der Waals surface area contributed by atoms with Crippen molar-refractivity contribution >= 4 is 15.9 Å². The maximum Gasteiger partial charge on any atom is 0.0484 e. The highest BCUT2D eigenvalue weighted by Gasteiger charge is 2.06. The lowest BCUT2D eigenvalue weighted by Gasteiger charge is -2.10. The molecule has 0 aliphatic carbocycles. The molecule has 0 aromatic heterocycles. The summed E-state index contributed by atoms with van der Waals surface area (Å²) in [5.41, 5.74) is 1.14. The SMILES string of the molecule is CC.OCC(CO)Cc1ccc(Br)cc1. The Bertz CT molecular complexity index is 242. The molecule has 0 bridgehead atoms. The van der Waals surface area contributed by atoms with Gasteiger partial charge in [-0.1, -0.05) is 41.9 Å². The molecular weight excluding hydrogens is 256 g/mol. The molecule has 0 unspecified atom stereocenters. The Morgan fingerprint density at radius 3 is 1.93 bits per heavy atom. The van der Waals surface area contributed by atoms with Gasteiger partial charge in [0, 0.05) is 23.6 Å². The molecule has 0 atom stereocenters. The zero-order valence-corrected chi connectivity index (χ0v) is 10.9. The van der Waals surface area contributed by atoms with Crippen LogP contribution in [-0.4, -0.2) is 23.4 Å². The molecule has 3 heteroatoms. The van der Waals surface area contributed by atoms with E-state index in [-0.39, 0.29) is 19.1 Å². The maximum atomic E-state index is 8.87. The Labute approximate surface area is 100 Å². The van der Waals surface area contributed by atoms with Gasteiger partial charge in [0.05, 0.1) is 0 Å². The smallest absolute Gasteiger partial charge is 0.0484 e. The third-order valence-electron chi connectivity index (χ3n) is 1.95. The van der Waals surface area contributed by atoms with Crippen LogP contribution >= 0.6 is 15.9 Å². The molecule has 0 heterocycles. The van der Waals surface area contributed by atoms with Gasteiger partial charge in [-0.25, -0.2) is 0 Å².